The fourth-order valence-corrected chi connectivity index (χ4v) is 1.31. The molecule has 0 saturated heterocycles. The van der Waals surface area contributed by atoms with Crippen LogP contribution < -0.4 is 22.1 Å². The first-order valence-electron chi connectivity index (χ1n) is 5.25. The maximum atomic E-state index is 11.6. The van der Waals surface area contributed by atoms with Gasteiger partial charge in [0.1, 0.15) is 6.04 Å². The zero-order chi connectivity index (χ0) is 13.5. The van der Waals surface area contributed by atoms with E-state index in [1.54, 1.807) is 24.3 Å². The lowest BCUT2D eigenvalue weighted by Crippen LogP contribution is -2.39. The summed E-state index contributed by atoms with van der Waals surface area (Å²) in [6.07, 6.45) is 0. The molecule has 0 aliphatic carbocycles. The lowest BCUT2D eigenvalue weighted by molar-refractivity contribution is -0.118. The largest absolute Gasteiger partial charge is 0.383 e. The van der Waals surface area contributed by atoms with E-state index in [0.717, 1.165) is 0 Å². The number of benzene rings is 1. The summed E-state index contributed by atoms with van der Waals surface area (Å²) in [5, 5.41) is 5.01. The molecular weight excluding hydrogens is 236 g/mol. The number of hydrogen-bond donors (Lipinski definition) is 4. The van der Waals surface area contributed by atoms with Gasteiger partial charge in [-0.3, -0.25) is 4.79 Å². The molecule has 7 nitrogen and oxygen atoms in total. The number of rotatable bonds is 5. The van der Waals surface area contributed by atoms with Gasteiger partial charge < -0.3 is 26.8 Å². The first kappa shape index (κ1) is 13.9. The Bertz CT molecular complexity index is 436. The first-order chi connectivity index (χ1) is 8.52. The molecule has 0 aliphatic heterocycles. The van der Waals surface area contributed by atoms with Crippen molar-refractivity contribution < 1.29 is 14.3 Å². The quantitative estimate of drug-likeness (QED) is 0.593. The molecule has 0 spiro atoms. The fourth-order valence-electron chi connectivity index (χ4n) is 1.31. The number of hydrogen-bond acceptors (Lipinski definition) is 4. The van der Waals surface area contributed by atoms with Crippen LogP contribution in [0.25, 0.3) is 0 Å². The molecule has 7 heteroatoms. The number of anilines is 2. The highest BCUT2D eigenvalue weighted by molar-refractivity contribution is 5.96. The van der Waals surface area contributed by atoms with Gasteiger partial charge >= 0.3 is 6.03 Å². The maximum absolute atomic E-state index is 11.6. The maximum Gasteiger partial charge on any atom is 0.316 e. The van der Waals surface area contributed by atoms with Crippen molar-refractivity contribution in [2.45, 2.75) is 6.04 Å². The van der Waals surface area contributed by atoms with E-state index in [2.05, 4.69) is 10.6 Å². The van der Waals surface area contributed by atoms with Gasteiger partial charge in [-0.2, -0.15) is 0 Å². The standard InChI is InChI=1S/C11H16N4O3/c1-18-6-9(12)10(16)14-7-3-2-4-8(5-7)15-11(13)17/h2-5,9H,6,12H2,1H3,(H,14,16)(H3,13,15,17). The van der Waals surface area contributed by atoms with E-state index in [1.807, 2.05) is 0 Å². The van der Waals surface area contributed by atoms with Gasteiger partial charge in [0.05, 0.1) is 6.61 Å². The molecule has 0 heterocycles. The minimum absolute atomic E-state index is 0.130. The summed E-state index contributed by atoms with van der Waals surface area (Å²) in [6, 6.07) is 5.14. The molecule has 1 aromatic carbocycles. The Morgan fingerprint density at radius 2 is 1.94 bits per heavy atom. The van der Waals surface area contributed by atoms with Crippen molar-refractivity contribution in [2.75, 3.05) is 24.4 Å². The first-order valence-corrected chi connectivity index (χ1v) is 5.25. The van der Waals surface area contributed by atoms with Crippen molar-refractivity contribution in [3.05, 3.63) is 24.3 Å². The summed E-state index contributed by atoms with van der Waals surface area (Å²) in [4.78, 5) is 22.3. The van der Waals surface area contributed by atoms with Gasteiger partial charge in [0, 0.05) is 18.5 Å². The van der Waals surface area contributed by atoms with E-state index < -0.39 is 12.1 Å². The van der Waals surface area contributed by atoms with Crippen LogP contribution in [0.1, 0.15) is 0 Å². The number of amides is 3. The Morgan fingerprint density at radius 3 is 2.50 bits per heavy atom. The summed E-state index contributed by atoms with van der Waals surface area (Å²) in [5.41, 5.74) is 11.6. The van der Waals surface area contributed by atoms with Crippen molar-refractivity contribution in [1.82, 2.24) is 0 Å². The molecule has 0 aromatic heterocycles. The highest BCUT2D eigenvalue weighted by atomic mass is 16.5. The molecule has 1 unspecified atom stereocenters. The van der Waals surface area contributed by atoms with E-state index in [-0.39, 0.29) is 12.5 Å². The van der Waals surface area contributed by atoms with Crippen LogP contribution in [0.5, 0.6) is 0 Å². The molecule has 1 rings (SSSR count). The Hall–Kier alpha value is -2.12. The number of primary amides is 1. The number of methoxy groups -OCH3 is 1. The second-order valence-corrected chi connectivity index (χ2v) is 3.62. The number of carbonyl (C=O) groups is 2. The van der Waals surface area contributed by atoms with Gasteiger partial charge in [-0.25, -0.2) is 4.79 Å². The average Bonchev–Trinajstić information content (AvgIpc) is 2.28. The Morgan fingerprint density at radius 1 is 1.33 bits per heavy atom. The Balaban J connectivity index is 2.67. The summed E-state index contributed by atoms with van der Waals surface area (Å²) in [6.45, 7) is 0.130. The zero-order valence-electron chi connectivity index (χ0n) is 9.97. The van der Waals surface area contributed by atoms with Crippen LogP contribution in [0.2, 0.25) is 0 Å². The molecule has 1 aromatic rings. The van der Waals surface area contributed by atoms with Gasteiger partial charge in [0.2, 0.25) is 5.91 Å². The third-order valence-electron chi connectivity index (χ3n) is 2.08. The minimum atomic E-state index is -0.747. The number of urea groups is 1. The molecule has 0 bridgehead atoms. The molecule has 0 aliphatic rings. The van der Waals surface area contributed by atoms with Crippen LogP contribution in [0.4, 0.5) is 16.2 Å². The van der Waals surface area contributed by atoms with Gasteiger partial charge in [-0.05, 0) is 18.2 Å². The second-order valence-electron chi connectivity index (χ2n) is 3.62. The predicted molar refractivity (Wildman–Crippen MR) is 68.1 cm³/mol. The minimum Gasteiger partial charge on any atom is -0.383 e. The van der Waals surface area contributed by atoms with Crippen LogP contribution in [-0.4, -0.2) is 31.7 Å². The fraction of sp³-hybridized carbons (Fsp3) is 0.273. The monoisotopic (exact) mass is 252 g/mol. The molecule has 0 fully saturated rings. The molecule has 98 valence electrons. The highest BCUT2D eigenvalue weighted by Crippen LogP contribution is 2.14. The van der Waals surface area contributed by atoms with Crippen LogP contribution >= 0.6 is 0 Å². The number of ether oxygens (including phenoxy) is 1. The van der Waals surface area contributed by atoms with Crippen molar-refractivity contribution in [1.29, 1.82) is 0 Å². The molecule has 3 amide bonds. The van der Waals surface area contributed by atoms with Crippen molar-refractivity contribution in [2.24, 2.45) is 11.5 Å². The smallest absolute Gasteiger partial charge is 0.316 e. The van der Waals surface area contributed by atoms with E-state index in [1.165, 1.54) is 7.11 Å². The molecule has 6 N–H and O–H groups in total. The summed E-state index contributed by atoms with van der Waals surface area (Å²) >= 11 is 0. The lowest BCUT2D eigenvalue weighted by Gasteiger charge is -2.12. The normalized spacial score (nSPS) is 11.7. The van der Waals surface area contributed by atoms with Gasteiger partial charge in [0.15, 0.2) is 0 Å². The van der Waals surface area contributed by atoms with Crippen LogP contribution in [-0.2, 0) is 9.53 Å². The van der Waals surface area contributed by atoms with Gasteiger partial charge in [0.25, 0.3) is 0 Å². The molecule has 0 saturated carbocycles. The predicted octanol–water partition coefficient (Wildman–Crippen LogP) is 0.0894. The molecule has 1 atom stereocenters. The number of carbonyl (C=O) groups excluding carboxylic acids is 2. The highest BCUT2D eigenvalue weighted by Gasteiger charge is 2.13. The van der Waals surface area contributed by atoms with Gasteiger partial charge in [-0.15, -0.1) is 0 Å². The average molecular weight is 252 g/mol. The van der Waals surface area contributed by atoms with E-state index in [9.17, 15) is 9.59 Å². The second kappa shape index (κ2) is 6.58. The van der Waals surface area contributed by atoms with Crippen LogP contribution in [0.3, 0.4) is 0 Å². The summed E-state index contributed by atoms with van der Waals surface area (Å²) < 4.78 is 4.78. The topological polar surface area (TPSA) is 119 Å². The Labute approximate surface area is 104 Å². The van der Waals surface area contributed by atoms with E-state index >= 15 is 0 Å². The van der Waals surface area contributed by atoms with Gasteiger partial charge in [-0.1, -0.05) is 6.07 Å². The third kappa shape index (κ3) is 4.40. The molecule has 0 radical (unpaired) electrons. The van der Waals surface area contributed by atoms with E-state index in [0.29, 0.717) is 11.4 Å². The lowest BCUT2D eigenvalue weighted by atomic mass is 10.2. The van der Waals surface area contributed by atoms with E-state index in [4.69, 9.17) is 16.2 Å². The van der Waals surface area contributed by atoms with Crippen molar-refractivity contribution in [3.63, 3.8) is 0 Å². The Kier molecular flexibility index (Phi) is 5.09. The molecular formula is C11H16N4O3. The number of nitrogens with two attached hydrogens (primary N) is 2. The van der Waals surface area contributed by atoms with Crippen molar-refractivity contribution >= 4 is 23.3 Å². The summed E-state index contributed by atoms with van der Waals surface area (Å²) in [5.74, 6) is -0.368. The SMILES string of the molecule is COCC(N)C(=O)Nc1cccc(NC(N)=O)c1. The van der Waals surface area contributed by atoms with Crippen LogP contribution in [0, 0.1) is 0 Å². The van der Waals surface area contributed by atoms with Crippen molar-refractivity contribution in [3.8, 4) is 0 Å². The molecule has 18 heavy (non-hydrogen) atoms. The zero-order valence-corrected chi connectivity index (χ0v) is 9.97. The third-order valence-corrected chi connectivity index (χ3v) is 2.08. The number of nitrogens with one attached hydrogen (secondary N) is 2. The van der Waals surface area contributed by atoms with Crippen LogP contribution in [0.15, 0.2) is 24.3 Å². The summed E-state index contributed by atoms with van der Waals surface area (Å²) in [7, 11) is 1.46.